The van der Waals surface area contributed by atoms with Crippen LogP contribution in [-0.4, -0.2) is 28.1 Å². The van der Waals surface area contributed by atoms with Crippen LogP contribution >= 0.6 is 23.2 Å². The van der Waals surface area contributed by atoms with Gasteiger partial charge in [-0.1, -0.05) is 35.3 Å². The van der Waals surface area contributed by atoms with E-state index in [0.29, 0.717) is 11.6 Å². The Bertz CT molecular complexity index is 873. The van der Waals surface area contributed by atoms with Gasteiger partial charge in [-0.25, -0.2) is 0 Å². The molecule has 1 atom stereocenters. The van der Waals surface area contributed by atoms with Crippen molar-refractivity contribution in [1.82, 2.24) is 9.88 Å². The molecular formula is C19H18Cl2N2O. The predicted molar refractivity (Wildman–Crippen MR) is 98.7 cm³/mol. The van der Waals surface area contributed by atoms with Crippen molar-refractivity contribution in [2.75, 3.05) is 13.1 Å². The van der Waals surface area contributed by atoms with Gasteiger partial charge in [0.1, 0.15) is 0 Å². The van der Waals surface area contributed by atoms with E-state index in [4.69, 9.17) is 23.2 Å². The first-order valence-electron chi connectivity index (χ1n) is 8.05. The fraction of sp³-hybridized carbons (Fsp3) is 0.263. The Labute approximate surface area is 150 Å². The molecule has 124 valence electrons. The molecule has 0 aliphatic carbocycles. The molecule has 0 bridgehead atoms. The van der Waals surface area contributed by atoms with Crippen LogP contribution in [0.4, 0.5) is 0 Å². The van der Waals surface area contributed by atoms with Crippen molar-refractivity contribution in [3.8, 4) is 0 Å². The highest BCUT2D eigenvalue weighted by atomic mass is 35.5. The molecule has 24 heavy (non-hydrogen) atoms. The first-order chi connectivity index (χ1) is 11.6. The maximum Gasteiger partial charge on any atom is 0.0917 e. The third kappa shape index (κ3) is 3.05. The maximum absolute atomic E-state index is 10.5. The number of aliphatic hydroxyl groups is 1. The van der Waals surface area contributed by atoms with Crippen molar-refractivity contribution in [3.63, 3.8) is 0 Å². The zero-order valence-electron chi connectivity index (χ0n) is 13.1. The van der Waals surface area contributed by atoms with Crippen LogP contribution in [0.15, 0.2) is 42.5 Å². The molecule has 3 nitrogen and oxygen atoms in total. The zero-order valence-corrected chi connectivity index (χ0v) is 14.6. The number of aromatic nitrogens is 1. The number of hydrogen-bond acceptors (Lipinski definition) is 2. The van der Waals surface area contributed by atoms with Crippen LogP contribution in [-0.2, 0) is 13.0 Å². The Balaban J connectivity index is 1.52. The van der Waals surface area contributed by atoms with Gasteiger partial charge in [-0.2, -0.15) is 0 Å². The molecule has 0 amide bonds. The SMILES string of the molecule is OC(CN1CCc2c([nH]c3ccc(Cl)cc23)C1)c1ccc(Cl)cc1. The molecule has 3 aromatic rings. The number of benzene rings is 2. The summed E-state index contributed by atoms with van der Waals surface area (Å²) in [7, 11) is 0. The molecule has 1 aliphatic rings. The van der Waals surface area contributed by atoms with E-state index < -0.39 is 6.10 Å². The maximum atomic E-state index is 10.5. The van der Waals surface area contributed by atoms with Gasteiger partial charge in [0.2, 0.25) is 0 Å². The van der Waals surface area contributed by atoms with Crippen molar-refractivity contribution < 1.29 is 5.11 Å². The lowest BCUT2D eigenvalue weighted by molar-refractivity contribution is 0.105. The Kier molecular flexibility index (Phi) is 4.27. The second kappa shape index (κ2) is 6.41. The molecule has 0 saturated heterocycles. The summed E-state index contributed by atoms with van der Waals surface area (Å²) >= 11 is 12.0. The van der Waals surface area contributed by atoms with Gasteiger partial charge in [0.05, 0.1) is 6.10 Å². The number of nitrogens with one attached hydrogen (secondary N) is 1. The van der Waals surface area contributed by atoms with Crippen LogP contribution in [0, 0.1) is 0 Å². The quantitative estimate of drug-likeness (QED) is 0.718. The highest BCUT2D eigenvalue weighted by molar-refractivity contribution is 6.31. The Hall–Kier alpha value is -1.52. The van der Waals surface area contributed by atoms with Crippen LogP contribution < -0.4 is 0 Å². The zero-order chi connectivity index (χ0) is 16.7. The van der Waals surface area contributed by atoms with E-state index in [0.717, 1.165) is 35.6 Å². The summed E-state index contributed by atoms with van der Waals surface area (Å²) in [6.07, 6.45) is 0.450. The monoisotopic (exact) mass is 360 g/mol. The molecule has 1 aromatic heterocycles. The summed E-state index contributed by atoms with van der Waals surface area (Å²) in [5.41, 5.74) is 4.60. The molecular weight excluding hydrogens is 343 g/mol. The summed E-state index contributed by atoms with van der Waals surface area (Å²) < 4.78 is 0. The number of nitrogens with zero attached hydrogens (tertiary/aromatic N) is 1. The Morgan fingerprint density at radius 3 is 2.62 bits per heavy atom. The van der Waals surface area contributed by atoms with E-state index in [-0.39, 0.29) is 0 Å². The summed E-state index contributed by atoms with van der Waals surface area (Å²) in [5.74, 6) is 0. The molecule has 1 unspecified atom stereocenters. The second-order valence-corrected chi connectivity index (χ2v) is 7.20. The Morgan fingerprint density at radius 1 is 1.08 bits per heavy atom. The van der Waals surface area contributed by atoms with E-state index in [2.05, 4.69) is 9.88 Å². The molecule has 0 radical (unpaired) electrons. The number of H-pyrrole nitrogens is 1. The van der Waals surface area contributed by atoms with Crippen molar-refractivity contribution in [1.29, 1.82) is 0 Å². The van der Waals surface area contributed by atoms with Gasteiger partial charge in [0.25, 0.3) is 0 Å². The first-order valence-corrected chi connectivity index (χ1v) is 8.80. The molecule has 0 spiro atoms. The van der Waals surface area contributed by atoms with Crippen LogP contribution in [0.25, 0.3) is 10.9 Å². The summed E-state index contributed by atoms with van der Waals surface area (Å²) in [4.78, 5) is 5.77. The number of aliphatic hydroxyl groups excluding tert-OH is 1. The number of aromatic amines is 1. The third-order valence-corrected chi connectivity index (χ3v) is 5.19. The van der Waals surface area contributed by atoms with E-state index in [1.807, 2.05) is 42.5 Å². The smallest absolute Gasteiger partial charge is 0.0917 e. The lowest BCUT2D eigenvalue weighted by Gasteiger charge is -2.29. The summed E-state index contributed by atoms with van der Waals surface area (Å²) in [6.45, 7) is 2.35. The minimum atomic E-state index is -0.511. The van der Waals surface area contributed by atoms with Crippen molar-refractivity contribution in [2.45, 2.75) is 19.1 Å². The predicted octanol–water partition coefficient (Wildman–Crippen LogP) is 4.57. The largest absolute Gasteiger partial charge is 0.387 e. The normalized spacial score (nSPS) is 16.3. The van der Waals surface area contributed by atoms with Gasteiger partial charge in [0, 0.05) is 46.3 Å². The van der Waals surface area contributed by atoms with E-state index in [1.165, 1.54) is 16.6 Å². The molecule has 5 heteroatoms. The van der Waals surface area contributed by atoms with Gasteiger partial charge < -0.3 is 10.1 Å². The van der Waals surface area contributed by atoms with E-state index in [1.54, 1.807) is 0 Å². The highest BCUT2D eigenvalue weighted by Gasteiger charge is 2.22. The standard InChI is InChI=1S/C19H18Cl2N2O/c20-13-3-1-12(2-4-13)19(24)11-23-8-7-15-16-9-14(21)5-6-17(16)22-18(15)10-23/h1-6,9,19,22,24H,7-8,10-11H2. The van der Waals surface area contributed by atoms with E-state index in [9.17, 15) is 5.11 Å². The minimum Gasteiger partial charge on any atom is -0.387 e. The first kappa shape index (κ1) is 16.0. The van der Waals surface area contributed by atoms with Gasteiger partial charge in [-0.15, -0.1) is 0 Å². The van der Waals surface area contributed by atoms with Crippen LogP contribution in [0.2, 0.25) is 10.0 Å². The molecule has 2 aromatic carbocycles. The number of rotatable bonds is 3. The Morgan fingerprint density at radius 2 is 1.83 bits per heavy atom. The number of hydrogen-bond donors (Lipinski definition) is 2. The molecule has 4 rings (SSSR count). The summed E-state index contributed by atoms with van der Waals surface area (Å²) in [5, 5.41) is 13.1. The lowest BCUT2D eigenvalue weighted by Crippen LogP contribution is -2.33. The number of halogens is 2. The lowest BCUT2D eigenvalue weighted by atomic mass is 10.0. The second-order valence-electron chi connectivity index (χ2n) is 6.32. The fourth-order valence-electron chi connectivity index (χ4n) is 3.46. The topological polar surface area (TPSA) is 39.3 Å². The van der Waals surface area contributed by atoms with Gasteiger partial charge in [0.15, 0.2) is 0 Å². The van der Waals surface area contributed by atoms with Crippen LogP contribution in [0.1, 0.15) is 22.9 Å². The van der Waals surface area contributed by atoms with Crippen LogP contribution in [0.5, 0.6) is 0 Å². The van der Waals surface area contributed by atoms with E-state index >= 15 is 0 Å². The van der Waals surface area contributed by atoms with Crippen LogP contribution in [0.3, 0.4) is 0 Å². The average Bonchev–Trinajstić information content (AvgIpc) is 2.92. The molecule has 2 heterocycles. The summed E-state index contributed by atoms with van der Waals surface area (Å²) in [6, 6.07) is 13.4. The fourth-order valence-corrected chi connectivity index (χ4v) is 3.76. The van der Waals surface area contributed by atoms with Gasteiger partial charge >= 0.3 is 0 Å². The third-order valence-electron chi connectivity index (χ3n) is 4.70. The number of β-amino-alcohol motifs (C(OH)–C–C–N with tert-alkyl or cyclic N) is 1. The highest BCUT2D eigenvalue weighted by Crippen LogP contribution is 2.30. The molecule has 0 fully saturated rings. The van der Waals surface area contributed by atoms with Gasteiger partial charge in [-0.3, -0.25) is 4.90 Å². The average molecular weight is 361 g/mol. The van der Waals surface area contributed by atoms with Crippen molar-refractivity contribution in [3.05, 3.63) is 69.3 Å². The molecule has 2 N–H and O–H groups in total. The molecule has 1 aliphatic heterocycles. The molecule has 0 saturated carbocycles. The minimum absolute atomic E-state index is 0.511. The van der Waals surface area contributed by atoms with Crippen molar-refractivity contribution in [2.24, 2.45) is 0 Å². The van der Waals surface area contributed by atoms with Crippen molar-refractivity contribution >= 4 is 34.1 Å². The van der Waals surface area contributed by atoms with Gasteiger partial charge in [-0.05, 0) is 47.9 Å². The number of fused-ring (bicyclic) bond motifs is 3.